The monoisotopic (exact) mass is 581 g/mol. The summed E-state index contributed by atoms with van der Waals surface area (Å²) in [7, 11) is 0. The van der Waals surface area contributed by atoms with Gasteiger partial charge in [-0.2, -0.15) is 0 Å². The largest absolute Gasteiger partial charge is 0.426 e. The number of pyridine rings is 1. The molecule has 0 bridgehead atoms. The molecule has 0 saturated carbocycles. The Bertz CT molecular complexity index is 1360. The zero-order chi connectivity index (χ0) is 29.1. The van der Waals surface area contributed by atoms with Gasteiger partial charge in [-0.15, -0.1) is 0 Å². The maximum absolute atomic E-state index is 13.9. The number of carbonyl (C=O) groups is 2. The number of benzene rings is 2. The standard InChI is InChI=1S/C32H34ClF2N3O3/c1-3-27(31(40)41-26-11-8-24(34)9-12-26)32(2)20-38(19-28(32)21-4-6-23(33)7-5-21)30(39)22-14-16-37(17-15-22)29-13-10-25(35)18-36-29/h4-13,18,22,27-28H,3,14-17,19-20H2,1-2H3. The highest BCUT2D eigenvalue weighted by atomic mass is 35.5. The van der Waals surface area contributed by atoms with Crippen molar-refractivity contribution in [2.24, 2.45) is 17.3 Å². The number of carbonyl (C=O) groups excluding carboxylic acids is 2. The molecule has 5 rings (SSSR count). The van der Waals surface area contributed by atoms with Crippen molar-refractivity contribution >= 4 is 29.3 Å². The predicted molar refractivity (Wildman–Crippen MR) is 154 cm³/mol. The summed E-state index contributed by atoms with van der Waals surface area (Å²) >= 11 is 6.18. The first-order chi connectivity index (χ1) is 19.7. The van der Waals surface area contributed by atoms with Crippen LogP contribution in [-0.4, -0.2) is 47.9 Å². The van der Waals surface area contributed by atoms with Gasteiger partial charge in [-0.25, -0.2) is 13.8 Å². The molecule has 0 aliphatic carbocycles. The Hall–Kier alpha value is -3.52. The number of anilines is 1. The minimum absolute atomic E-state index is 0.0844. The lowest BCUT2D eigenvalue weighted by Gasteiger charge is -2.37. The van der Waals surface area contributed by atoms with Gasteiger partial charge >= 0.3 is 5.97 Å². The minimum Gasteiger partial charge on any atom is -0.426 e. The van der Waals surface area contributed by atoms with Gasteiger partial charge < -0.3 is 14.5 Å². The van der Waals surface area contributed by atoms with Crippen LogP contribution >= 0.6 is 11.6 Å². The second-order valence-corrected chi connectivity index (χ2v) is 11.7. The molecule has 2 aliphatic rings. The van der Waals surface area contributed by atoms with Crippen molar-refractivity contribution in [2.45, 2.75) is 39.0 Å². The molecule has 0 spiro atoms. The molecule has 216 valence electrons. The summed E-state index contributed by atoms with van der Waals surface area (Å²) in [6, 6.07) is 16.1. The molecule has 2 saturated heterocycles. The summed E-state index contributed by atoms with van der Waals surface area (Å²) in [6.45, 7) is 6.21. The third-order valence-corrected chi connectivity index (χ3v) is 8.97. The zero-order valence-electron chi connectivity index (χ0n) is 23.2. The lowest BCUT2D eigenvalue weighted by Crippen LogP contribution is -2.44. The molecule has 3 aromatic rings. The number of ether oxygens (including phenoxy) is 1. The van der Waals surface area contributed by atoms with Crippen LogP contribution in [0.25, 0.3) is 0 Å². The first-order valence-corrected chi connectivity index (χ1v) is 14.4. The molecule has 3 unspecified atom stereocenters. The molecule has 2 aliphatic heterocycles. The molecule has 0 radical (unpaired) electrons. The fourth-order valence-corrected chi connectivity index (χ4v) is 6.60. The van der Waals surface area contributed by atoms with Crippen LogP contribution in [0.4, 0.5) is 14.6 Å². The van der Waals surface area contributed by atoms with E-state index in [4.69, 9.17) is 16.3 Å². The average molecular weight is 582 g/mol. The van der Waals surface area contributed by atoms with Gasteiger partial charge in [0.15, 0.2) is 0 Å². The Morgan fingerprint density at radius 3 is 2.29 bits per heavy atom. The van der Waals surface area contributed by atoms with E-state index in [1.165, 1.54) is 36.5 Å². The number of esters is 1. The van der Waals surface area contributed by atoms with Gasteiger partial charge in [0.05, 0.1) is 12.1 Å². The van der Waals surface area contributed by atoms with Gasteiger partial charge in [0.25, 0.3) is 0 Å². The maximum atomic E-state index is 13.9. The minimum atomic E-state index is -0.603. The molecule has 2 aromatic carbocycles. The van der Waals surface area contributed by atoms with Gasteiger partial charge in [-0.3, -0.25) is 9.59 Å². The number of amides is 1. The van der Waals surface area contributed by atoms with E-state index in [2.05, 4.69) is 16.8 Å². The lowest BCUT2D eigenvalue weighted by atomic mass is 9.66. The Morgan fingerprint density at radius 1 is 1.02 bits per heavy atom. The van der Waals surface area contributed by atoms with Gasteiger partial charge in [0.1, 0.15) is 23.2 Å². The summed E-state index contributed by atoms with van der Waals surface area (Å²) < 4.78 is 32.4. The van der Waals surface area contributed by atoms with E-state index < -0.39 is 23.1 Å². The van der Waals surface area contributed by atoms with Crippen LogP contribution in [0.3, 0.4) is 0 Å². The molecule has 0 N–H and O–H groups in total. The fraction of sp³-hybridized carbons (Fsp3) is 0.406. The van der Waals surface area contributed by atoms with Crippen molar-refractivity contribution in [1.29, 1.82) is 0 Å². The highest BCUT2D eigenvalue weighted by Crippen LogP contribution is 2.50. The van der Waals surface area contributed by atoms with Crippen molar-refractivity contribution in [3.8, 4) is 5.75 Å². The van der Waals surface area contributed by atoms with Crippen LogP contribution in [0.1, 0.15) is 44.6 Å². The van der Waals surface area contributed by atoms with E-state index >= 15 is 0 Å². The SMILES string of the molecule is CCC(C(=O)Oc1ccc(F)cc1)C1(C)CN(C(=O)C2CCN(c3ccc(F)cn3)CC2)CC1c1ccc(Cl)cc1. The summed E-state index contributed by atoms with van der Waals surface area (Å²) in [6.07, 6.45) is 3.06. The average Bonchev–Trinajstić information content (AvgIpc) is 3.33. The molecule has 41 heavy (non-hydrogen) atoms. The molecule has 6 nitrogen and oxygen atoms in total. The molecular formula is C32H34ClF2N3O3. The van der Waals surface area contributed by atoms with Gasteiger partial charge in [-0.1, -0.05) is 37.6 Å². The highest BCUT2D eigenvalue weighted by Gasteiger charge is 2.53. The normalized spacial score (nSPS) is 22.0. The third kappa shape index (κ3) is 6.22. The summed E-state index contributed by atoms with van der Waals surface area (Å²) in [5.41, 5.74) is 0.408. The number of nitrogens with zero attached hydrogens (tertiary/aromatic N) is 3. The number of piperidine rings is 1. The number of hydrogen-bond donors (Lipinski definition) is 0. The number of halogens is 3. The molecule has 3 heterocycles. The third-order valence-electron chi connectivity index (χ3n) is 8.72. The van der Waals surface area contributed by atoms with E-state index in [-0.39, 0.29) is 29.3 Å². The molecular weight excluding hydrogens is 548 g/mol. The fourth-order valence-electron chi connectivity index (χ4n) is 6.48. The van der Waals surface area contributed by atoms with E-state index in [0.29, 0.717) is 56.3 Å². The maximum Gasteiger partial charge on any atom is 0.314 e. The van der Waals surface area contributed by atoms with Crippen LogP contribution < -0.4 is 9.64 Å². The second kappa shape index (κ2) is 12.1. The van der Waals surface area contributed by atoms with Crippen LogP contribution in [0.2, 0.25) is 5.02 Å². The smallest absolute Gasteiger partial charge is 0.314 e. The van der Waals surface area contributed by atoms with Gasteiger partial charge in [0, 0.05) is 48.5 Å². The van der Waals surface area contributed by atoms with E-state index in [9.17, 15) is 18.4 Å². The number of likely N-dealkylation sites (tertiary alicyclic amines) is 1. The lowest BCUT2D eigenvalue weighted by molar-refractivity contribution is -0.145. The van der Waals surface area contributed by atoms with Crippen molar-refractivity contribution in [3.63, 3.8) is 0 Å². The summed E-state index contributed by atoms with van der Waals surface area (Å²) in [5.74, 6) is -0.860. The quantitative estimate of drug-likeness (QED) is 0.236. The molecule has 1 amide bonds. The Morgan fingerprint density at radius 2 is 1.68 bits per heavy atom. The molecule has 1 aromatic heterocycles. The van der Waals surface area contributed by atoms with Gasteiger partial charge in [0.2, 0.25) is 5.91 Å². The van der Waals surface area contributed by atoms with E-state index in [1.807, 2.05) is 36.1 Å². The van der Waals surface area contributed by atoms with Crippen LogP contribution in [0.15, 0.2) is 66.9 Å². The topological polar surface area (TPSA) is 62.7 Å². The van der Waals surface area contributed by atoms with Gasteiger partial charge in [-0.05, 0) is 73.4 Å². The Labute approximate surface area is 244 Å². The first-order valence-electron chi connectivity index (χ1n) is 14.1. The van der Waals surface area contributed by atoms with Crippen molar-refractivity contribution in [1.82, 2.24) is 9.88 Å². The Kier molecular flexibility index (Phi) is 8.59. The molecule has 9 heteroatoms. The highest BCUT2D eigenvalue weighted by molar-refractivity contribution is 6.30. The van der Waals surface area contributed by atoms with Crippen molar-refractivity contribution < 1.29 is 23.1 Å². The van der Waals surface area contributed by atoms with E-state index in [1.54, 1.807) is 6.07 Å². The first kappa shape index (κ1) is 29.0. The molecule has 2 fully saturated rings. The molecule has 3 atom stereocenters. The van der Waals surface area contributed by atoms with Crippen LogP contribution in [0.5, 0.6) is 5.75 Å². The Balaban J connectivity index is 1.35. The number of aromatic nitrogens is 1. The van der Waals surface area contributed by atoms with Crippen LogP contribution in [0, 0.1) is 28.9 Å². The number of rotatable bonds is 7. The summed E-state index contributed by atoms with van der Waals surface area (Å²) in [5, 5.41) is 0.617. The summed E-state index contributed by atoms with van der Waals surface area (Å²) in [4.78, 5) is 35.6. The predicted octanol–water partition coefficient (Wildman–Crippen LogP) is 6.49. The zero-order valence-corrected chi connectivity index (χ0v) is 24.0. The number of hydrogen-bond acceptors (Lipinski definition) is 5. The van der Waals surface area contributed by atoms with E-state index in [0.717, 1.165) is 5.56 Å². The van der Waals surface area contributed by atoms with Crippen molar-refractivity contribution in [2.75, 3.05) is 31.1 Å². The van der Waals surface area contributed by atoms with Crippen molar-refractivity contribution in [3.05, 3.63) is 89.1 Å². The second-order valence-electron chi connectivity index (χ2n) is 11.3. The van der Waals surface area contributed by atoms with Crippen LogP contribution in [-0.2, 0) is 9.59 Å².